The maximum absolute atomic E-state index is 10.00. The maximum atomic E-state index is 10.00. The highest BCUT2D eigenvalue weighted by Crippen LogP contribution is 2.23. The van der Waals surface area contributed by atoms with Crippen molar-refractivity contribution in [3.63, 3.8) is 0 Å². The van der Waals surface area contributed by atoms with E-state index in [2.05, 4.69) is 15.6 Å². The first-order valence-corrected chi connectivity index (χ1v) is 8.79. The highest BCUT2D eigenvalue weighted by Gasteiger charge is 2.03. The van der Waals surface area contributed by atoms with Crippen LogP contribution in [0, 0.1) is 0 Å². The third kappa shape index (κ3) is 6.55. The van der Waals surface area contributed by atoms with Crippen LogP contribution in [0.15, 0.2) is 53.5 Å². The number of phenolic OH excluding ortho intramolecular Hbond substituents is 1. The van der Waals surface area contributed by atoms with Gasteiger partial charge in [0.2, 0.25) is 0 Å². The van der Waals surface area contributed by atoms with Gasteiger partial charge in [-0.3, -0.25) is 4.99 Å². The molecule has 0 aromatic heterocycles. The summed E-state index contributed by atoms with van der Waals surface area (Å²) in [5.74, 6) is 2.46. The summed E-state index contributed by atoms with van der Waals surface area (Å²) in [5, 5.41) is 16.4. The van der Waals surface area contributed by atoms with E-state index in [4.69, 9.17) is 9.47 Å². The standard InChI is InChI=1S/C20H27N3O3/c1-3-21-20(23-13-14-26-17-7-5-4-6-8-17)22-12-11-16-9-10-18(25-2)15-19(16)24/h4-10,15,24H,3,11-14H2,1-2H3,(H2,21,22,23). The molecule has 0 unspecified atom stereocenters. The second-order valence-electron chi connectivity index (χ2n) is 5.59. The number of aromatic hydroxyl groups is 1. The Morgan fingerprint density at radius 3 is 2.58 bits per heavy atom. The number of ether oxygens (including phenoxy) is 2. The average Bonchev–Trinajstić information content (AvgIpc) is 2.67. The Balaban J connectivity index is 1.78. The van der Waals surface area contributed by atoms with Crippen molar-refractivity contribution in [2.75, 3.05) is 33.4 Å². The first kappa shape index (κ1) is 19.4. The normalized spacial score (nSPS) is 11.1. The largest absolute Gasteiger partial charge is 0.508 e. The molecule has 0 saturated heterocycles. The Bertz CT molecular complexity index is 690. The third-order valence-electron chi connectivity index (χ3n) is 3.69. The highest BCUT2D eigenvalue weighted by molar-refractivity contribution is 5.79. The SMILES string of the molecule is CCNC(=NCCc1ccc(OC)cc1O)NCCOc1ccccc1. The summed E-state index contributed by atoms with van der Waals surface area (Å²) in [6.07, 6.45) is 0.646. The van der Waals surface area contributed by atoms with E-state index >= 15 is 0 Å². The van der Waals surface area contributed by atoms with Crippen LogP contribution in [0.4, 0.5) is 0 Å². The van der Waals surface area contributed by atoms with E-state index in [-0.39, 0.29) is 5.75 Å². The molecule has 6 nitrogen and oxygen atoms in total. The number of hydrogen-bond acceptors (Lipinski definition) is 4. The topological polar surface area (TPSA) is 75.1 Å². The third-order valence-corrected chi connectivity index (χ3v) is 3.69. The predicted molar refractivity (Wildman–Crippen MR) is 104 cm³/mol. The van der Waals surface area contributed by atoms with Gasteiger partial charge in [-0.05, 0) is 37.1 Å². The summed E-state index contributed by atoms with van der Waals surface area (Å²) in [7, 11) is 1.58. The number of hydrogen-bond donors (Lipinski definition) is 3. The van der Waals surface area contributed by atoms with Crippen molar-refractivity contribution in [2.45, 2.75) is 13.3 Å². The lowest BCUT2D eigenvalue weighted by molar-refractivity contribution is 0.322. The molecule has 2 rings (SSSR count). The molecule has 0 aliphatic rings. The summed E-state index contributed by atoms with van der Waals surface area (Å²) in [6, 6.07) is 15.0. The van der Waals surface area contributed by atoms with Crippen LogP contribution in [0.2, 0.25) is 0 Å². The van der Waals surface area contributed by atoms with Crippen molar-refractivity contribution in [1.29, 1.82) is 0 Å². The van der Waals surface area contributed by atoms with Crippen molar-refractivity contribution >= 4 is 5.96 Å². The molecule has 0 heterocycles. The zero-order chi connectivity index (χ0) is 18.6. The summed E-state index contributed by atoms with van der Waals surface area (Å²) >= 11 is 0. The Labute approximate surface area is 154 Å². The minimum absolute atomic E-state index is 0.230. The van der Waals surface area contributed by atoms with Gasteiger partial charge in [0.1, 0.15) is 23.9 Å². The van der Waals surface area contributed by atoms with Crippen molar-refractivity contribution < 1.29 is 14.6 Å². The van der Waals surface area contributed by atoms with Crippen molar-refractivity contribution in [2.24, 2.45) is 4.99 Å². The van der Waals surface area contributed by atoms with Gasteiger partial charge in [0.05, 0.1) is 13.7 Å². The van der Waals surface area contributed by atoms with Crippen LogP contribution >= 0.6 is 0 Å². The number of guanidine groups is 1. The van der Waals surface area contributed by atoms with Gasteiger partial charge in [0.25, 0.3) is 0 Å². The quantitative estimate of drug-likeness (QED) is 0.365. The molecule has 2 aromatic carbocycles. The Morgan fingerprint density at radius 2 is 1.88 bits per heavy atom. The van der Waals surface area contributed by atoms with E-state index in [1.807, 2.05) is 49.4 Å². The number of phenols is 1. The Kier molecular flexibility index (Phi) is 8.12. The molecule has 26 heavy (non-hydrogen) atoms. The van der Waals surface area contributed by atoms with Crippen LogP contribution in [0.25, 0.3) is 0 Å². The summed E-state index contributed by atoms with van der Waals surface area (Å²) in [4.78, 5) is 4.53. The number of nitrogens with one attached hydrogen (secondary N) is 2. The molecular weight excluding hydrogens is 330 g/mol. The molecule has 140 valence electrons. The van der Waals surface area contributed by atoms with Gasteiger partial charge in [-0.2, -0.15) is 0 Å². The number of nitrogens with zero attached hydrogens (tertiary/aromatic N) is 1. The Hall–Kier alpha value is -2.89. The fraction of sp³-hybridized carbons (Fsp3) is 0.350. The van der Waals surface area contributed by atoms with E-state index in [0.29, 0.717) is 31.9 Å². The average molecular weight is 357 g/mol. The maximum Gasteiger partial charge on any atom is 0.191 e. The van der Waals surface area contributed by atoms with Crippen LogP contribution in [0.3, 0.4) is 0 Å². The van der Waals surface area contributed by atoms with Gasteiger partial charge in [-0.1, -0.05) is 24.3 Å². The number of rotatable bonds is 9. The molecule has 0 atom stereocenters. The van der Waals surface area contributed by atoms with Gasteiger partial charge in [0, 0.05) is 19.2 Å². The fourth-order valence-corrected chi connectivity index (χ4v) is 2.37. The monoisotopic (exact) mass is 357 g/mol. The lowest BCUT2D eigenvalue weighted by atomic mass is 10.1. The summed E-state index contributed by atoms with van der Waals surface area (Å²) in [6.45, 7) is 4.56. The van der Waals surface area contributed by atoms with Crippen molar-refractivity contribution in [3.8, 4) is 17.2 Å². The number of aliphatic imine (C=N–C) groups is 1. The smallest absolute Gasteiger partial charge is 0.191 e. The summed E-state index contributed by atoms with van der Waals surface area (Å²) < 4.78 is 10.7. The van der Waals surface area contributed by atoms with Gasteiger partial charge in [0.15, 0.2) is 5.96 Å². The molecule has 0 amide bonds. The first-order chi connectivity index (χ1) is 12.7. The number of para-hydroxylation sites is 1. The zero-order valence-corrected chi connectivity index (χ0v) is 15.4. The second-order valence-corrected chi connectivity index (χ2v) is 5.59. The van der Waals surface area contributed by atoms with Gasteiger partial charge in [-0.25, -0.2) is 0 Å². The minimum Gasteiger partial charge on any atom is -0.508 e. The summed E-state index contributed by atoms with van der Waals surface area (Å²) in [5.41, 5.74) is 0.845. The number of methoxy groups -OCH3 is 1. The molecule has 0 radical (unpaired) electrons. The minimum atomic E-state index is 0.230. The number of benzene rings is 2. The molecule has 0 aliphatic heterocycles. The van der Waals surface area contributed by atoms with E-state index in [9.17, 15) is 5.11 Å². The van der Waals surface area contributed by atoms with Crippen molar-refractivity contribution in [1.82, 2.24) is 10.6 Å². The van der Waals surface area contributed by atoms with Gasteiger partial charge in [-0.15, -0.1) is 0 Å². The van der Waals surface area contributed by atoms with Gasteiger partial charge < -0.3 is 25.2 Å². The van der Waals surface area contributed by atoms with Crippen LogP contribution < -0.4 is 20.1 Å². The fourth-order valence-electron chi connectivity index (χ4n) is 2.37. The molecule has 0 fully saturated rings. The van der Waals surface area contributed by atoms with E-state index < -0.39 is 0 Å². The molecule has 6 heteroatoms. The molecular formula is C20H27N3O3. The van der Waals surface area contributed by atoms with Crippen molar-refractivity contribution in [3.05, 3.63) is 54.1 Å². The molecule has 0 spiro atoms. The van der Waals surface area contributed by atoms with Crippen LogP contribution in [-0.2, 0) is 6.42 Å². The van der Waals surface area contributed by atoms with E-state index in [1.54, 1.807) is 13.2 Å². The second kappa shape index (κ2) is 10.9. The molecule has 0 aliphatic carbocycles. The first-order valence-electron chi connectivity index (χ1n) is 8.79. The molecule has 3 N–H and O–H groups in total. The molecule has 0 saturated carbocycles. The van der Waals surface area contributed by atoms with Crippen LogP contribution in [0.5, 0.6) is 17.2 Å². The molecule has 0 bridgehead atoms. The lowest BCUT2D eigenvalue weighted by Crippen LogP contribution is -2.39. The lowest BCUT2D eigenvalue weighted by Gasteiger charge is -2.12. The predicted octanol–water partition coefficient (Wildman–Crippen LogP) is 2.58. The molecule has 2 aromatic rings. The van der Waals surface area contributed by atoms with Crippen LogP contribution in [0.1, 0.15) is 12.5 Å². The van der Waals surface area contributed by atoms with E-state index in [0.717, 1.165) is 23.8 Å². The zero-order valence-electron chi connectivity index (χ0n) is 15.4. The Morgan fingerprint density at radius 1 is 1.08 bits per heavy atom. The van der Waals surface area contributed by atoms with E-state index in [1.165, 1.54) is 0 Å². The van der Waals surface area contributed by atoms with Crippen LogP contribution in [-0.4, -0.2) is 44.4 Å². The highest BCUT2D eigenvalue weighted by atomic mass is 16.5. The van der Waals surface area contributed by atoms with Gasteiger partial charge >= 0.3 is 0 Å².